The number of halogens is 5. The minimum absolute atomic E-state index is 0.0227. The van der Waals surface area contributed by atoms with Gasteiger partial charge < -0.3 is 15.6 Å². The van der Waals surface area contributed by atoms with Crippen LogP contribution >= 0.6 is 11.6 Å². The van der Waals surface area contributed by atoms with E-state index >= 15 is 0 Å². The minimum Gasteiger partial charge on any atom is -0.506 e. The van der Waals surface area contributed by atoms with Crippen LogP contribution in [0.25, 0.3) is 0 Å². The number of rotatable bonds is 3. The summed E-state index contributed by atoms with van der Waals surface area (Å²) in [5.74, 6) is -1.48. The molecule has 8 heteroatoms. The van der Waals surface area contributed by atoms with Gasteiger partial charge in [0.1, 0.15) is 17.3 Å². The number of ether oxygens (including phenoxy) is 1. The summed E-state index contributed by atoms with van der Waals surface area (Å²) in [5, 5.41) is 9.60. The van der Waals surface area contributed by atoms with Gasteiger partial charge in [-0.1, -0.05) is 23.7 Å². The van der Waals surface area contributed by atoms with Crippen LogP contribution in [0, 0.1) is 5.82 Å². The van der Waals surface area contributed by atoms with E-state index in [1.807, 2.05) is 0 Å². The molecular formula is C14H10ClF4NO2. The van der Waals surface area contributed by atoms with E-state index in [1.54, 1.807) is 0 Å². The van der Waals surface area contributed by atoms with Crippen molar-refractivity contribution in [1.29, 1.82) is 0 Å². The molecule has 2 rings (SSSR count). The summed E-state index contributed by atoms with van der Waals surface area (Å²) < 4.78 is 53.3. The fraction of sp³-hybridized carbons (Fsp3) is 0.143. The molecule has 0 spiro atoms. The first kappa shape index (κ1) is 16.4. The van der Waals surface area contributed by atoms with Gasteiger partial charge in [-0.25, -0.2) is 4.39 Å². The smallest absolute Gasteiger partial charge is 0.506 e. The normalized spacial score (nSPS) is 13.0. The molecule has 0 amide bonds. The van der Waals surface area contributed by atoms with E-state index < -0.39 is 24.0 Å². The molecule has 0 aliphatic heterocycles. The third kappa shape index (κ3) is 3.80. The lowest BCUT2D eigenvalue weighted by Crippen LogP contribution is -2.17. The zero-order valence-electron chi connectivity index (χ0n) is 10.9. The second-order valence-electron chi connectivity index (χ2n) is 4.42. The van der Waals surface area contributed by atoms with Gasteiger partial charge in [0, 0.05) is 5.56 Å². The van der Waals surface area contributed by atoms with Crippen LogP contribution in [0.1, 0.15) is 17.2 Å². The minimum atomic E-state index is -4.79. The monoisotopic (exact) mass is 335 g/mol. The zero-order chi connectivity index (χ0) is 16.5. The second-order valence-corrected chi connectivity index (χ2v) is 4.83. The van der Waals surface area contributed by atoms with Crippen molar-refractivity contribution >= 4 is 11.6 Å². The van der Waals surface area contributed by atoms with Crippen molar-refractivity contribution in [2.75, 3.05) is 0 Å². The summed E-state index contributed by atoms with van der Waals surface area (Å²) in [6, 6.07) is 5.67. The van der Waals surface area contributed by atoms with Crippen molar-refractivity contribution in [3.05, 3.63) is 58.4 Å². The number of alkyl halides is 3. The molecular weight excluding hydrogens is 326 g/mol. The Bertz CT molecular complexity index is 674. The van der Waals surface area contributed by atoms with Gasteiger partial charge >= 0.3 is 6.36 Å². The summed E-state index contributed by atoms with van der Waals surface area (Å²) in [6.45, 7) is 0. The highest BCUT2D eigenvalue weighted by atomic mass is 35.5. The Hall–Kier alpha value is -1.99. The Labute approximate surface area is 127 Å². The van der Waals surface area contributed by atoms with Gasteiger partial charge in [0.25, 0.3) is 0 Å². The van der Waals surface area contributed by atoms with Crippen LogP contribution in [0.5, 0.6) is 11.5 Å². The number of nitrogens with two attached hydrogens (primary N) is 1. The van der Waals surface area contributed by atoms with Crippen molar-refractivity contribution in [3.8, 4) is 11.5 Å². The maximum absolute atomic E-state index is 13.3. The standard InChI is InChI=1S/C14H10ClF4NO2/c15-11-6-8(16)5-10(13(11)21)12(20)7-1-3-9(4-2-7)22-14(17,18)19/h1-6,12,21H,20H2/t12-/m0/s1. The molecule has 0 saturated carbocycles. The molecule has 0 saturated heterocycles. The van der Waals surface area contributed by atoms with Crippen molar-refractivity contribution in [1.82, 2.24) is 0 Å². The number of benzene rings is 2. The van der Waals surface area contributed by atoms with Crippen LogP contribution in [0.15, 0.2) is 36.4 Å². The second kappa shape index (κ2) is 6.02. The van der Waals surface area contributed by atoms with Crippen molar-refractivity contribution in [3.63, 3.8) is 0 Å². The predicted octanol–water partition coefficient (Wildman–Crippen LogP) is 4.13. The van der Waals surface area contributed by atoms with E-state index in [1.165, 1.54) is 12.1 Å². The average molecular weight is 336 g/mol. The quantitative estimate of drug-likeness (QED) is 0.829. The molecule has 0 radical (unpaired) electrons. The molecule has 1 atom stereocenters. The Balaban J connectivity index is 2.29. The highest BCUT2D eigenvalue weighted by Crippen LogP contribution is 2.35. The number of phenolic OH excluding ortho intramolecular Hbond substituents is 1. The number of phenols is 1. The van der Waals surface area contributed by atoms with Gasteiger partial charge in [-0.3, -0.25) is 0 Å². The maximum Gasteiger partial charge on any atom is 0.573 e. The molecule has 0 bridgehead atoms. The third-order valence-corrected chi connectivity index (χ3v) is 3.15. The lowest BCUT2D eigenvalue weighted by atomic mass is 9.98. The number of aromatic hydroxyl groups is 1. The van der Waals surface area contributed by atoms with Gasteiger partial charge in [0.05, 0.1) is 11.1 Å². The summed E-state index contributed by atoms with van der Waals surface area (Å²) in [6.07, 6.45) is -4.79. The van der Waals surface area contributed by atoms with Crippen molar-refractivity contribution in [2.45, 2.75) is 12.4 Å². The molecule has 0 heterocycles. The van der Waals surface area contributed by atoms with Crippen molar-refractivity contribution in [2.24, 2.45) is 5.73 Å². The molecule has 0 aliphatic carbocycles. The summed E-state index contributed by atoms with van der Waals surface area (Å²) >= 11 is 5.66. The lowest BCUT2D eigenvalue weighted by molar-refractivity contribution is -0.274. The van der Waals surface area contributed by atoms with Crippen LogP contribution < -0.4 is 10.5 Å². The lowest BCUT2D eigenvalue weighted by Gasteiger charge is -2.16. The molecule has 3 N–H and O–H groups in total. The van der Waals surface area contributed by atoms with E-state index in [-0.39, 0.29) is 16.3 Å². The first-order chi connectivity index (χ1) is 10.2. The molecule has 2 aromatic carbocycles. The molecule has 0 fully saturated rings. The Morgan fingerprint density at radius 3 is 2.27 bits per heavy atom. The maximum atomic E-state index is 13.3. The van der Waals surface area contributed by atoms with E-state index in [9.17, 15) is 22.7 Å². The van der Waals surface area contributed by atoms with Crippen LogP contribution in [0.2, 0.25) is 5.02 Å². The van der Waals surface area contributed by atoms with Crippen LogP contribution in [0.4, 0.5) is 17.6 Å². The molecule has 22 heavy (non-hydrogen) atoms. The van der Waals surface area contributed by atoms with E-state index in [0.717, 1.165) is 24.3 Å². The van der Waals surface area contributed by atoms with Gasteiger partial charge in [0.15, 0.2) is 0 Å². The van der Waals surface area contributed by atoms with Crippen molar-refractivity contribution < 1.29 is 27.4 Å². The summed E-state index contributed by atoms with van der Waals surface area (Å²) in [7, 11) is 0. The van der Waals surface area contributed by atoms with Gasteiger partial charge in [-0.15, -0.1) is 13.2 Å². The Kier molecular flexibility index (Phi) is 4.48. The topological polar surface area (TPSA) is 55.5 Å². The fourth-order valence-corrected chi connectivity index (χ4v) is 2.09. The largest absolute Gasteiger partial charge is 0.573 e. The summed E-state index contributed by atoms with van der Waals surface area (Å²) in [4.78, 5) is 0. The molecule has 2 aromatic rings. The van der Waals surface area contributed by atoms with E-state index in [0.29, 0.717) is 5.56 Å². The molecule has 118 valence electrons. The van der Waals surface area contributed by atoms with Crippen LogP contribution in [0.3, 0.4) is 0 Å². The zero-order valence-corrected chi connectivity index (χ0v) is 11.6. The third-order valence-electron chi connectivity index (χ3n) is 2.87. The van der Waals surface area contributed by atoms with Gasteiger partial charge in [-0.05, 0) is 29.8 Å². The molecule has 0 aliphatic rings. The first-order valence-corrected chi connectivity index (χ1v) is 6.34. The highest BCUT2D eigenvalue weighted by Gasteiger charge is 2.31. The van der Waals surface area contributed by atoms with Crippen LogP contribution in [-0.4, -0.2) is 11.5 Å². The Morgan fingerprint density at radius 2 is 1.73 bits per heavy atom. The first-order valence-electron chi connectivity index (χ1n) is 5.96. The van der Waals surface area contributed by atoms with E-state index in [2.05, 4.69) is 4.74 Å². The Morgan fingerprint density at radius 1 is 1.14 bits per heavy atom. The fourth-order valence-electron chi connectivity index (χ4n) is 1.88. The molecule has 0 aromatic heterocycles. The average Bonchev–Trinajstić information content (AvgIpc) is 2.41. The number of hydrogen-bond acceptors (Lipinski definition) is 3. The van der Waals surface area contributed by atoms with Gasteiger partial charge in [-0.2, -0.15) is 0 Å². The molecule has 3 nitrogen and oxygen atoms in total. The highest BCUT2D eigenvalue weighted by molar-refractivity contribution is 6.32. The molecule has 0 unspecified atom stereocenters. The van der Waals surface area contributed by atoms with E-state index in [4.69, 9.17) is 17.3 Å². The van der Waals surface area contributed by atoms with Gasteiger partial charge in [0.2, 0.25) is 0 Å². The van der Waals surface area contributed by atoms with Crippen LogP contribution in [-0.2, 0) is 0 Å². The summed E-state index contributed by atoms with van der Waals surface area (Å²) in [5.41, 5.74) is 6.26. The SMILES string of the molecule is N[C@@H](c1ccc(OC(F)(F)F)cc1)c1cc(F)cc(Cl)c1O. The predicted molar refractivity (Wildman–Crippen MR) is 72.2 cm³/mol. The number of hydrogen-bond donors (Lipinski definition) is 2.